The molecule has 10 nitrogen and oxygen atoms in total. The third kappa shape index (κ3) is 3.84. The van der Waals surface area contributed by atoms with Gasteiger partial charge in [0.05, 0.1) is 35.0 Å². The van der Waals surface area contributed by atoms with E-state index in [1.165, 1.54) is 7.11 Å². The van der Waals surface area contributed by atoms with Crippen LogP contribution in [0.3, 0.4) is 0 Å². The smallest absolute Gasteiger partial charge is 0.337 e. The Kier molecular flexibility index (Phi) is 5.66. The maximum absolute atomic E-state index is 13.9. The second-order valence-corrected chi connectivity index (χ2v) is 9.65. The number of nitrogens with zero attached hydrogens (tertiary/aromatic N) is 5. The van der Waals surface area contributed by atoms with E-state index in [0.717, 1.165) is 30.0 Å². The van der Waals surface area contributed by atoms with E-state index >= 15 is 0 Å². The van der Waals surface area contributed by atoms with Crippen molar-refractivity contribution >= 4 is 45.7 Å². The van der Waals surface area contributed by atoms with Crippen LogP contribution in [0.15, 0.2) is 77.6 Å². The number of aromatic nitrogens is 3. The lowest BCUT2D eigenvalue weighted by Gasteiger charge is -2.36. The summed E-state index contributed by atoms with van der Waals surface area (Å²) in [7, 11) is 1.35. The summed E-state index contributed by atoms with van der Waals surface area (Å²) in [4.78, 5) is 39.0. The van der Waals surface area contributed by atoms with Crippen LogP contribution in [0.4, 0.5) is 23.0 Å². The molecule has 0 atom stereocenters. The molecular weight excluding hydrogens is 508 g/mol. The van der Waals surface area contributed by atoms with E-state index in [-0.39, 0.29) is 5.78 Å². The number of carbonyl (C=O) groups excluding carboxylic acids is 2. The minimum absolute atomic E-state index is 0.0948. The lowest BCUT2D eigenvalue weighted by molar-refractivity contribution is 0.0600. The molecule has 1 saturated heterocycles. The molecule has 3 aromatic carbocycles. The monoisotopic (exact) mass is 532 g/mol. The Morgan fingerprint density at radius 1 is 0.925 bits per heavy atom. The molecule has 40 heavy (non-hydrogen) atoms. The van der Waals surface area contributed by atoms with Gasteiger partial charge in [-0.2, -0.15) is 0 Å². The van der Waals surface area contributed by atoms with Crippen LogP contribution >= 0.6 is 0 Å². The zero-order valence-electron chi connectivity index (χ0n) is 21.6. The SMILES string of the molecule is COC(=O)c1ccc(Nc2cc(N3CCN(c4ncccn4)CC3)c3noc4c3c2C(=O)c2ccccc2-4)cc1. The van der Waals surface area contributed by atoms with Gasteiger partial charge in [-0.3, -0.25) is 4.79 Å². The highest BCUT2D eigenvalue weighted by Crippen LogP contribution is 2.46. The molecule has 0 amide bonds. The molecule has 1 aliphatic carbocycles. The highest BCUT2D eigenvalue weighted by molar-refractivity contribution is 6.28. The molecule has 2 aliphatic rings. The number of esters is 1. The average molecular weight is 533 g/mol. The summed E-state index contributed by atoms with van der Waals surface area (Å²) in [6, 6.07) is 18.2. The van der Waals surface area contributed by atoms with Crippen molar-refractivity contribution in [2.75, 3.05) is 48.4 Å². The van der Waals surface area contributed by atoms with E-state index in [4.69, 9.17) is 9.26 Å². The average Bonchev–Trinajstić information content (AvgIpc) is 3.46. The maximum Gasteiger partial charge on any atom is 0.337 e. The Morgan fingerprint density at radius 2 is 1.62 bits per heavy atom. The number of hydrogen-bond acceptors (Lipinski definition) is 10. The minimum Gasteiger partial charge on any atom is -0.465 e. The quantitative estimate of drug-likeness (QED) is 0.314. The van der Waals surface area contributed by atoms with Gasteiger partial charge in [0.2, 0.25) is 5.95 Å². The summed E-state index contributed by atoms with van der Waals surface area (Å²) in [6.45, 7) is 2.90. The molecule has 10 heteroatoms. The number of methoxy groups -OCH3 is 1. The molecule has 0 radical (unpaired) electrons. The highest BCUT2D eigenvalue weighted by Gasteiger charge is 2.34. The molecule has 0 saturated carbocycles. The molecule has 2 aromatic heterocycles. The van der Waals surface area contributed by atoms with Crippen LogP contribution < -0.4 is 15.1 Å². The van der Waals surface area contributed by atoms with Crippen LogP contribution in [0.1, 0.15) is 26.3 Å². The predicted octanol–water partition coefficient (Wildman–Crippen LogP) is 4.69. The number of nitrogens with one attached hydrogen (secondary N) is 1. The Balaban J connectivity index is 1.31. The van der Waals surface area contributed by atoms with Crippen LogP contribution in [0.2, 0.25) is 0 Å². The fourth-order valence-electron chi connectivity index (χ4n) is 5.45. The molecular formula is C30H24N6O4. The summed E-state index contributed by atoms with van der Waals surface area (Å²) in [6.07, 6.45) is 3.49. The molecule has 0 bridgehead atoms. The van der Waals surface area contributed by atoms with E-state index < -0.39 is 5.97 Å². The third-order valence-corrected chi connectivity index (χ3v) is 7.42. The van der Waals surface area contributed by atoms with Gasteiger partial charge in [0, 0.05) is 55.4 Å². The Hall–Kier alpha value is -5.25. The molecule has 7 rings (SSSR count). The van der Waals surface area contributed by atoms with Gasteiger partial charge < -0.3 is 24.4 Å². The molecule has 1 fully saturated rings. The lowest BCUT2D eigenvalue weighted by Crippen LogP contribution is -2.47. The van der Waals surface area contributed by atoms with Crippen molar-refractivity contribution in [2.24, 2.45) is 0 Å². The minimum atomic E-state index is -0.411. The number of anilines is 4. The van der Waals surface area contributed by atoms with Crippen LogP contribution in [-0.2, 0) is 4.74 Å². The van der Waals surface area contributed by atoms with Crippen molar-refractivity contribution in [2.45, 2.75) is 0 Å². The Morgan fingerprint density at radius 3 is 2.35 bits per heavy atom. The predicted molar refractivity (Wildman–Crippen MR) is 150 cm³/mol. The second kappa shape index (κ2) is 9.49. The first-order chi connectivity index (χ1) is 19.6. The standard InChI is InChI=1S/C30H24N6O4/c1-39-29(38)18-7-9-19(10-8-18)33-22-17-23(35-13-15-36(16-14-35)30-31-11-4-12-32-30)26-25-24(22)27(37)20-5-2-3-6-21(20)28(25)40-34-26/h2-12,17,33H,13-16H2,1H3. The first-order valence-corrected chi connectivity index (χ1v) is 12.9. The van der Waals surface area contributed by atoms with Gasteiger partial charge in [-0.25, -0.2) is 14.8 Å². The number of hydrogen-bond donors (Lipinski definition) is 1. The van der Waals surface area contributed by atoms with Gasteiger partial charge in [0.25, 0.3) is 0 Å². The van der Waals surface area contributed by atoms with Gasteiger partial charge in [0.1, 0.15) is 5.52 Å². The van der Waals surface area contributed by atoms with Crippen molar-refractivity contribution < 1.29 is 18.8 Å². The Bertz CT molecular complexity index is 1760. The second-order valence-electron chi connectivity index (χ2n) is 9.65. The van der Waals surface area contributed by atoms with E-state index in [1.54, 1.807) is 42.7 Å². The molecule has 1 N–H and O–H groups in total. The van der Waals surface area contributed by atoms with Crippen LogP contribution in [0, 0.1) is 0 Å². The number of fused-ring (bicyclic) bond motifs is 2. The Labute approximate surface area is 229 Å². The number of carbonyl (C=O) groups is 2. The normalized spacial score (nSPS) is 14.3. The highest BCUT2D eigenvalue weighted by atomic mass is 16.5. The largest absolute Gasteiger partial charge is 0.465 e. The van der Waals surface area contributed by atoms with Crippen molar-refractivity contribution in [3.63, 3.8) is 0 Å². The summed E-state index contributed by atoms with van der Waals surface area (Å²) < 4.78 is 10.7. The molecule has 1 aliphatic heterocycles. The summed E-state index contributed by atoms with van der Waals surface area (Å²) >= 11 is 0. The first-order valence-electron chi connectivity index (χ1n) is 12.9. The van der Waals surface area contributed by atoms with Gasteiger partial charge in [-0.05, 0) is 36.4 Å². The molecule has 198 valence electrons. The fraction of sp³-hybridized carbons (Fsp3) is 0.167. The van der Waals surface area contributed by atoms with Crippen molar-refractivity contribution in [1.82, 2.24) is 15.1 Å². The van der Waals surface area contributed by atoms with E-state index in [2.05, 4.69) is 30.2 Å². The van der Waals surface area contributed by atoms with E-state index in [9.17, 15) is 9.59 Å². The lowest BCUT2D eigenvalue weighted by atomic mass is 9.86. The van der Waals surface area contributed by atoms with Gasteiger partial charge >= 0.3 is 5.97 Å². The topological polar surface area (TPSA) is 114 Å². The molecule has 0 spiro atoms. The van der Waals surface area contributed by atoms with Gasteiger partial charge in [-0.15, -0.1) is 0 Å². The number of ketones is 1. The van der Waals surface area contributed by atoms with Crippen LogP contribution in [-0.4, -0.2) is 60.2 Å². The molecule has 5 aromatic rings. The van der Waals surface area contributed by atoms with E-state index in [1.807, 2.05) is 30.3 Å². The third-order valence-electron chi connectivity index (χ3n) is 7.42. The fourth-order valence-corrected chi connectivity index (χ4v) is 5.45. The van der Waals surface area contributed by atoms with E-state index in [0.29, 0.717) is 58.1 Å². The molecule has 3 heterocycles. The first kappa shape index (κ1) is 23.8. The number of rotatable bonds is 5. The summed E-state index contributed by atoms with van der Waals surface area (Å²) in [5.74, 6) is 0.789. The zero-order chi connectivity index (χ0) is 27.2. The van der Waals surface area contributed by atoms with Crippen LogP contribution in [0.25, 0.3) is 22.2 Å². The maximum atomic E-state index is 13.9. The van der Waals surface area contributed by atoms with Gasteiger partial charge in [-0.1, -0.05) is 29.4 Å². The van der Waals surface area contributed by atoms with Gasteiger partial charge in [0.15, 0.2) is 11.5 Å². The van der Waals surface area contributed by atoms with Crippen molar-refractivity contribution in [3.8, 4) is 11.3 Å². The number of benzene rings is 3. The molecule has 0 unspecified atom stereocenters. The van der Waals surface area contributed by atoms with Crippen molar-refractivity contribution in [1.29, 1.82) is 0 Å². The number of piperazine rings is 1. The zero-order valence-corrected chi connectivity index (χ0v) is 21.6. The summed E-state index contributed by atoms with van der Waals surface area (Å²) in [5.41, 5.74) is 5.17. The number of ether oxygens (including phenoxy) is 1. The van der Waals surface area contributed by atoms with Crippen molar-refractivity contribution in [3.05, 3.63) is 89.7 Å². The van der Waals surface area contributed by atoms with Crippen LogP contribution in [0.5, 0.6) is 0 Å². The summed E-state index contributed by atoms with van der Waals surface area (Å²) in [5, 5.41) is 8.60.